The van der Waals surface area contributed by atoms with Crippen molar-refractivity contribution in [3.8, 4) is 11.5 Å². The fourth-order valence-corrected chi connectivity index (χ4v) is 1.67. The van der Waals surface area contributed by atoms with Crippen LogP contribution in [0.2, 0.25) is 5.02 Å². The fourth-order valence-electron chi connectivity index (χ4n) is 1.49. The van der Waals surface area contributed by atoms with Crippen LogP contribution in [0.4, 0.5) is 0 Å². The Bertz CT molecular complexity index is 606. The van der Waals surface area contributed by atoms with Crippen LogP contribution in [0.1, 0.15) is 5.56 Å². The third kappa shape index (κ3) is 4.16. The monoisotopic (exact) mass is 273 g/mol. The summed E-state index contributed by atoms with van der Waals surface area (Å²) in [6.07, 6.45) is 2.96. The Labute approximate surface area is 116 Å². The Hall–Kier alpha value is -2.26. The van der Waals surface area contributed by atoms with Crippen LogP contribution in [0.5, 0.6) is 11.5 Å². The number of rotatable bonds is 4. The Morgan fingerprint density at radius 2 is 1.84 bits per heavy atom. The summed E-state index contributed by atoms with van der Waals surface area (Å²) in [6.45, 7) is 0. The maximum Gasteiger partial charge on any atom is 0.241 e. The van der Waals surface area contributed by atoms with Crippen LogP contribution in [0, 0.1) is 0 Å². The molecule has 2 aromatic rings. The van der Waals surface area contributed by atoms with Crippen LogP contribution in [-0.2, 0) is 4.79 Å². The van der Waals surface area contributed by atoms with Crippen molar-refractivity contribution in [3.63, 3.8) is 0 Å². The molecule has 19 heavy (non-hydrogen) atoms. The second kappa shape index (κ2) is 6.07. The quantitative estimate of drug-likeness (QED) is 0.865. The van der Waals surface area contributed by atoms with Gasteiger partial charge in [-0.25, -0.2) is 0 Å². The average molecular weight is 274 g/mol. The summed E-state index contributed by atoms with van der Waals surface area (Å²) in [4.78, 5) is 10.6. The molecule has 0 aromatic heterocycles. The number of hydrogen-bond donors (Lipinski definition) is 1. The van der Waals surface area contributed by atoms with Crippen molar-refractivity contribution in [2.75, 3.05) is 0 Å². The van der Waals surface area contributed by atoms with Crippen LogP contribution in [-0.4, -0.2) is 5.91 Å². The minimum absolute atomic E-state index is 0.473. The molecule has 4 heteroatoms. The predicted molar refractivity (Wildman–Crippen MR) is 76.2 cm³/mol. The summed E-state index contributed by atoms with van der Waals surface area (Å²) in [5.41, 5.74) is 5.90. The van der Waals surface area contributed by atoms with Gasteiger partial charge in [-0.1, -0.05) is 29.8 Å². The zero-order chi connectivity index (χ0) is 13.7. The van der Waals surface area contributed by atoms with E-state index < -0.39 is 5.91 Å². The SMILES string of the molecule is NC(=O)/C=C\c1ccc(Oc2cccc(Cl)c2)cc1. The van der Waals surface area contributed by atoms with Gasteiger partial charge < -0.3 is 10.5 Å². The Balaban J connectivity index is 2.08. The molecule has 0 aliphatic rings. The molecule has 2 rings (SSSR count). The summed E-state index contributed by atoms with van der Waals surface area (Å²) >= 11 is 5.87. The molecule has 0 bridgehead atoms. The molecule has 2 N–H and O–H groups in total. The van der Waals surface area contributed by atoms with Crippen LogP contribution in [0.3, 0.4) is 0 Å². The molecule has 96 valence electrons. The molecular formula is C15H12ClNO2. The number of ether oxygens (including phenoxy) is 1. The Morgan fingerprint density at radius 3 is 2.47 bits per heavy atom. The van der Waals surface area contributed by atoms with Gasteiger partial charge in [0.1, 0.15) is 11.5 Å². The minimum atomic E-state index is -0.473. The molecule has 0 saturated carbocycles. The first kappa shape index (κ1) is 13.2. The lowest BCUT2D eigenvalue weighted by atomic mass is 10.2. The molecule has 0 fully saturated rings. The van der Waals surface area contributed by atoms with Crippen LogP contribution >= 0.6 is 11.6 Å². The third-order valence-corrected chi connectivity index (χ3v) is 2.59. The highest BCUT2D eigenvalue weighted by Gasteiger charge is 1.98. The topological polar surface area (TPSA) is 52.3 Å². The van der Waals surface area contributed by atoms with Crippen molar-refractivity contribution >= 4 is 23.6 Å². The van der Waals surface area contributed by atoms with E-state index in [0.717, 1.165) is 5.56 Å². The first-order valence-electron chi connectivity index (χ1n) is 5.64. The van der Waals surface area contributed by atoms with Gasteiger partial charge in [0.25, 0.3) is 0 Å². The Morgan fingerprint density at radius 1 is 1.11 bits per heavy atom. The second-order valence-electron chi connectivity index (χ2n) is 3.86. The maximum absolute atomic E-state index is 10.6. The molecule has 0 unspecified atom stereocenters. The fraction of sp³-hybridized carbons (Fsp3) is 0. The highest BCUT2D eigenvalue weighted by atomic mass is 35.5. The van der Waals surface area contributed by atoms with E-state index in [0.29, 0.717) is 16.5 Å². The van der Waals surface area contributed by atoms with Crippen molar-refractivity contribution in [2.24, 2.45) is 5.73 Å². The molecule has 0 spiro atoms. The molecule has 3 nitrogen and oxygen atoms in total. The van der Waals surface area contributed by atoms with Crippen molar-refractivity contribution in [3.05, 3.63) is 65.2 Å². The van der Waals surface area contributed by atoms with Gasteiger partial charge in [0.15, 0.2) is 0 Å². The highest BCUT2D eigenvalue weighted by molar-refractivity contribution is 6.30. The van der Waals surface area contributed by atoms with Gasteiger partial charge in [-0.3, -0.25) is 4.79 Å². The Kier molecular flexibility index (Phi) is 4.21. The van der Waals surface area contributed by atoms with Crippen molar-refractivity contribution in [1.82, 2.24) is 0 Å². The lowest BCUT2D eigenvalue weighted by molar-refractivity contribution is -0.113. The summed E-state index contributed by atoms with van der Waals surface area (Å²) in [5.74, 6) is 0.894. The average Bonchev–Trinajstić information content (AvgIpc) is 2.38. The van der Waals surface area contributed by atoms with Gasteiger partial charge >= 0.3 is 0 Å². The van der Waals surface area contributed by atoms with Crippen LogP contribution in [0.15, 0.2) is 54.6 Å². The normalized spacial score (nSPS) is 10.6. The molecule has 0 heterocycles. The van der Waals surface area contributed by atoms with E-state index in [-0.39, 0.29) is 0 Å². The van der Waals surface area contributed by atoms with E-state index in [1.165, 1.54) is 6.08 Å². The largest absolute Gasteiger partial charge is 0.457 e. The van der Waals surface area contributed by atoms with Crippen LogP contribution < -0.4 is 10.5 Å². The smallest absolute Gasteiger partial charge is 0.241 e. The zero-order valence-corrected chi connectivity index (χ0v) is 10.8. The van der Waals surface area contributed by atoms with E-state index in [2.05, 4.69) is 0 Å². The van der Waals surface area contributed by atoms with Gasteiger partial charge in [0, 0.05) is 11.1 Å². The van der Waals surface area contributed by atoms with Crippen molar-refractivity contribution in [1.29, 1.82) is 0 Å². The molecule has 0 atom stereocenters. The molecular weight excluding hydrogens is 262 g/mol. The molecule has 0 saturated heterocycles. The van der Waals surface area contributed by atoms with Gasteiger partial charge in [-0.15, -0.1) is 0 Å². The molecule has 1 amide bonds. The lowest BCUT2D eigenvalue weighted by Gasteiger charge is -2.06. The van der Waals surface area contributed by atoms with Crippen molar-refractivity contribution in [2.45, 2.75) is 0 Å². The molecule has 0 aliphatic carbocycles. The molecule has 0 radical (unpaired) electrons. The predicted octanol–water partition coefficient (Wildman–Crippen LogP) is 3.63. The second-order valence-corrected chi connectivity index (χ2v) is 4.30. The number of hydrogen-bond acceptors (Lipinski definition) is 2. The summed E-state index contributed by atoms with van der Waals surface area (Å²) in [6, 6.07) is 14.4. The zero-order valence-electron chi connectivity index (χ0n) is 10.0. The molecule has 0 aliphatic heterocycles. The minimum Gasteiger partial charge on any atom is -0.457 e. The van der Waals surface area contributed by atoms with Crippen LogP contribution in [0.25, 0.3) is 6.08 Å². The summed E-state index contributed by atoms with van der Waals surface area (Å²) in [5, 5.41) is 0.624. The standard InChI is InChI=1S/C15H12ClNO2/c16-12-2-1-3-14(10-12)19-13-7-4-11(5-8-13)6-9-15(17)18/h1-10H,(H2,17,18)/b9-6-. The van der Waals surface area contributed by atoms with Crippen molar-refractivity contribution < 1.29 is 9.53 Å². The van der Waals surface area contributed by atoms with E-state index in [9.17, 15) is 4.79 Å². The number of halogens is 1. The highest BCUT2D eigenvalue weighted by Crippen LogP contribution is 2.24. The van der Waals surface area contributed by atoms with Gasteiger partial charge in [-0.2, -0.15) is 0 Å². The maximum atomic E-state index is 10.6. The number of amides is 1. The summed E-state index contributed by atoms with van der Waals surface area (Å²) in [7, 11) is 0. The van der Waals surface area contributed by atoms with Gasteiger partial charge in [-0.05, 0) is 42.0 Å². The number of carbonyl (C=O) groups is 1. The van der Waals surface area contributed by atoms with E-state index in [1.54, 1.807) is 18.2 Å². The number of benzene rings is 2. The first-order valence-corrected chi connectivity index (χ1v) is 6.02. The molecule has 2 aromatic carbocycles. The van der Waals surface area contributed by atoms with Gasteiger partial charge in [0.05, 0.1) is 0 Å². The summed E-state index contributed by atoms with van der Waals surface area (Å²) < 4.78 is 5.64. The third-order valence-electron chi connectivity index (χ3n) is 2.35. The van der Waals surface area contributed by atoms with Gasteiger partial charge in [0.2, 0.25) is 5.91 Å². The lowest BCUT2D eigenvalue weighted by Crippen LogP contribution is -2.04. The first-order chi connectivity index (χ1) is 9.13. The van der Waals surface area contributed by atoms with E-state index in [4.69, 9.17) is 22.1 Å². The number of primary amides is 1. The number of carbonyl (C=O) groups excluding carboxylic acids is 1. The number of nitrogens with two attached hydrogens (primary N) is 1. The van der Waals surface area contributed by atoms with E-state index in [1.807, 2.05) is 36.4 Å². The van der Waals surface area contributed by atoms with E-state index >= 15 is 0 Å².